The molecule has 0 aliphatic heterocycles. The lowest BCUT2D eigenvalue weighted by molar-refractivity contribution is 0.215. The number of unbranched alkanes of at least 4 members (excludes halogenated alkanes) is 1. The Morgan fingerprint density at radius 1 is 1.31 bits per heavy atom. The molecule has 2 N–H and O–H groups in total. The lowest BCUT2D eigenvalue weighted by atomic mass is 10.1. The molecule has 0 saturated carbocycles. The van der Waals surface area contributed by atoms with Crippen LogP contribution in [0.3, 0.4) is 0 Å². The molecule has 0 aliphatic carbocycles. The quantitative estimate of drug-likeness (QED) is 0.195. The van der Waals surface area contributed by atoms with Gasteiger partial charge in [-0.25, -0.2) is 9.37 Å². The number of nitrogens with one attached hydrogen (secondary N) is 2. The largest absolute Gasteiger partial charge is 0.385 e. The smallest absolute Gasteiger partial charge is 0.148 e. The van der Waals surface area contributed by atoms with Gasteiger partial charge >= 0.3 is 0 Å². The number of halogens is 2. The molecule has 0 spiro atoms. The molecule has 0 atom stereocenters. The highest BCUT2D eigenvalue weighted by Crippen LogP contribution is 2.27. The first-order valence-electron chi connectivity index (χ1n) is 10.8. The number of alkyl halides is 2. The fourth-order valence-corrected chi connectivity index (χ4v) is 2.87. The van der Waals surface area contributed by atoms with Crippen LogP contribution < -0.4 is 10.6 Å². The normalized spacial score (nSPS) is 12.1. The Hall–Kier alpha value is -2.60. The third-order valence-corrected chi connectivity index (χ3v) is 4.85. The Morgan fingerprint density at radius 3 is 2.41 bits per heavy atom. The molecule has 0 amide bonds. The SMILES string of the molecule is C=CCCC.CNC(/C=N\CCl)=C(/C)NCc1ccc(-c2nc(C(C)(C)F)cn2C)cc1. The molecule has 32 heavy (non-hydrogen) atoms. The van der Waals surface area contributed by atoms with Gasteiger partial charge in [-0.2, -0.15) is 0 Å². The Balaban J connectivity index is 0.000000920. The number of allylic oxidation sites excluding steroid dienone is 3. The molecule has 1 heterocycles. The summed E-state index contributed by atoms with van der Waals surface area (Å²) in [4.78, 5) is 8.48. The highest BCUT2D eigenvalue weighted by Gasteiger charge is 2.23. The van der Waals surface area contributed by atoms with Crippen molar-refractivity contribution in [1.29, 1.82) is 0 Å². The average Bonchev–Trinajstić information content (AvgIpc) is 3.16. The molecular formula is C25H37ClFN5. The minimum Gasteiger partial charge on any atom is -0.385 e. The van der Waals surface area contributed by atoms with Gasteiger partial charge in [0.15, 0.2) is 0 Å². The van der Waals surface area contributed by atoms with Crippen LogP contribution in [0.4, 0.5) is 4.39 Å². The van der Waals surface area contributed by atoms with E-state index in [0.29, 0.717) is 12.2 Å². The number of nitrogens with zero attached hydrogens (tertiary/aromatic N) is 3. The summed E-state index contributed by atoms with van der Waals surface area (Å²) in [5.74, 6) is 0.751. The number of hydrogen-bond acceptors (Lipinski definition) is 4. The lowest BCUT2D eigenvalue weighted by Gasteiger charge is -2.11. The van der Waals surface area contributed by atoms with Crippen LogP contribution in [-0.4, -0.2) is 28.8 Å². The first-order valence-corrected chi connectivity index (χ1v) is 11.3. The molecule has 1 aromatic carbocycles. The average molecular weight is 462 g/mol. The van der Waals surface area contributed by atoms with Gasteiger partial charge in [0.2, 0.25) is 0 Å². The predicted octanol–water partition coefficient (Wildman–Crippen LogP) is 6.07. The second-order valence-electron chi connectivity index (χ2n) is 7.88. The lowest BCUT2D eigenvalue weighted by Crippen LogP contribution is -2.19. The molecule has 0 aliphatic rings. The van der Waals surface area contributed by atoms with E-state index in [1.165, 1.54) is 20.3 Å². The van der Waals surface area contributed by atoms with Crippen molar-refractivity contribution in [3.63, 3.8) is 0 Å². The Bertz CT molecular complexity index is 892. The van der Waals surface area contributed by atoms with Crippen LogP contribution in [0.25, 0.3) is 11.4 Å². The van der Waals surface area contributed by atoms with Gasteiger partial charge in [-0.15, -0.1) is 18.2 Å². The zero-order valence-electron chi connectivity index (χ0n) is 20.2. The standard InChI is InChI=1S/C20H27ClFN5.C5H10/c1-14(17(23-4)11-24-13-21)25-10-15-6-8-16(9-7-15)19-26-18(12-27(19)5)20(2,3)22;1-3-5-4-2/h6-9,11-12,23,25H,10,13H2,1-5H3;3H,1,4-5H2,2H3/b17-14-,24-11-;. The monoisotopic (exact) mass is 461 g/mol. The molecule has 2 rings (SSSR count). The Morgan fingerprint density at radius 2 is 1.97 bits per heavy atom. The second kappa shape index (κ2) is 13.7. The van der Waals surface area contributed by atoms with E-state index < -0.39 is 5.67 Å². The van der Waals surface area contributed by atoms with Gasteiger partial charge in [-0.1, -0.05) is 43.7 Å². The van der Waals surface area contributed by atoms with Crippen molar-refractivity contribution >= 4 is 17.8 Å². The van der Waals surface area contributed by atoms with Gasteiger partial charge in [0.25, 0.3) is 0 Å². The summed E-state index contributed by atoms with van der Waals surface area (Å²) in [6.07, 6.45) is 7.76. The number of rotatable bonds is 10. The van der Waals surface area contributed by atoms with Crippen LogP contribution in [0.5, 0.6) is 0 Å². The number of benzene rings is 1. The highest BCUT2D eigenvalue weighted by atomic mass is 35.5. The van der Waals surface area contributed by atoms with E-state index in [4.69, 9.17) is 11.6 Å². The van der Waals surface area contributed by atoms with Gasteiger partial charge in [-0.3, -0.25) is 4.99 Å². The van der Waals surface area contributed by atoms with Gasteiger partial charge in [0, 0.05) is 44.3 Å². The summed E-state index contributed by atoms with van der Waals surface area (Å²) < 4.78 is 16.0. The Labute approximate surface area is 197 Å². The van der Waals surface area contributed by atoms with Crippen LogP contribution in [0.1, 0.15) is 51.8 Å². The molecule has 5 nitrogen and oxygen atoms in total. The number of aliphatic imine (C=N–C) groups is 1. The number of aromatic nitrogens is 2. The van der Waals surface area contributed by atoms with Crippen molar-refractivity contribution in [2.45, 2.75) is 52.8 Å². The van der Waals surface area contributed by atoms with Crippen molar-refractivity contribution < 1.29 is 4.39 Å². The van der Waals surface area contributed by atoms with Gasteiger partial charge in [-0.05, 0) is 32.8 Å². The second-order valence-corrected chi connectivity index (χ2v) is 8.12. The molecule has 2 aromatic rings. The topological polar surface area (TPSA) is 54.2 Å². The molecule has 0 radical (unpaired) electrons. The van der Waals surface area contributed by atoms with Crippen molar-refractivity contribution in [3.05, 3.63) is 65.8 Å². The van der Waals surface area contributed by atoms with Crippen molar-refractivity contribution in [3.8, 4) is 11.4 Å². The molecule has 0 fully saturated rings. The summed E-state index contributed by atoms with van der Waals surface area (Å²) in [6, 6.07) is 8.31. The summed E-state index contributed by atoms with van der Waals surface area (Å²) in [7, 11) is 3.72. The number of hydrogen-bond donors (Lipinski definition) is 2. The van der Waals surface area contributed by atoms with Gasteiger partial charge < -0.3 is 15.2 Å². The summed E-state index contributed by atoms with van der Waals surface area (Å²) in [6.45, 7) is 11.4. The maximum atomic E-state index is 14.1. The van der Waals surface area contributed by atoms with Crippen LogP contribution in [0, 0.1) is 0 Å². The maximum absolute atomic E-state index is 14.1. The third-order valence-electron chi connectivity index (χ3n) is 4.71. The molecule has 7 heteroatoms. The van der Waals surface area contributed by atoms with E-state index in [0.717, 1.165) is 34.8 Å². The minimum absolute atomic E-state index is 0.231. The molecular weight excluding hydrogens is 425 g/mol. The van der Waals surface area contributed by atoms with E-state index in [1.807, 2.05) is 55.9 Å². The van der Waals surface area contributed by atoms with Crippen LogP contribution in [-0.2, 0) is 19.3 Å². The first kappa shape index (κ1) is 27.4. The van der Waals surface area contributed by atoms with Gasteiger partial charge in [0.1, 0.15) is 17.5 Å². The van der Waals surface area contributed by atoms with E-state index in [2.05, 4.69) is 34.1 Å². The molecule has 0 unspecified atom stereocenters. The van der Waals surface area contributed by atoms with Crippen molar-refractivity contribution in [1.82, 2.24) is 20.2 Å². The molecule has 176 valence electrons. The van der Waals surface area contributed by atoms with E-state index >= 15 is 0 Å². The van der Waals surface area contributed by atoms with Crippen LogP contribution >= 0.6 is 11.6 Å². The van der Waals surface area contributed by atoms with E-state index in [1.54, 1.807) is 12.4 Å². The minimum atomic E-state index is -1.46. The van der Waals surface area contributed by atoms with Crippen molar-refractivity contribution in [2.24, 2.45) is 12.0 Å². The Kier molecular flexibility index (Phi) is 11.8. The number of imidazole rings is 1. The first-order chi connectivity index (χ1) is 15.2. The van der Waals surface area contributed by atoms with E-state index in [-0.39, 0.29) is 6.00 Å². The molecule has 0 saturated heterocycles. The highest BCUT2D eigenvalue weighted by molar-refractivity contribution is 6.18. The fraction of sp³-hybridized carbons (Fsp3) is 0.440. The van der Waals surface area contributed by atoms with Crippen LogP contribution in [0.2, 0.25) is 0 Å². The third kappa shape index (κ3) is 8.87. The fourth-order valence-electron chi connectivity index (χ4n) is 2.80. The molecule has 1 aromatic heterocycles. The summed E-state index contributed by atoms with van der Waals surface area (Å²) in [5.41, 5.74) is 2.93. The van der Waals surface area contributed by atoms with E-state index in [9.17, 15) is 4.39 Å². The maximum Gasteiger partial charge on any atom is 0.148 e. The van der Waals surface area contributed by atoms with Crippen LogP contribution in [0.15, 0.2) is 59.5 Å². The molecule has 0 bridgehead atoms. The summed E-state index contributed by atoms with van der Waals surface area (Å²) in [5, 5.41) is 6.46. The zero-order chi connectivity index (χ0) is 24.1. The predicted molar refractivity (Wildman–Crippen MR) is 136 cm³/mol. The van der Waals surface area contributed by atoms with Gasteiger partial charge in [0.05, 0.1) is 11.4 Å². The van der Waals surface area contributed by atoms with Crippen molar-refractivity contribution in [2.75, 3.05) is 13.1 Å². The zero-order valence-corrected chi connectivity index (χ0v) is 20.9. The summed E-state index contributed by atoms with van der Waals surface area (Å²) >= 11 is 5.59. The number of aryl methyl sites for hydroxylation is 1.